The van der Waals surface area contributed by atoms with Crippen molar-refractivity contribution in [3.05, 3.63) is 0 Å². The summed E-state index contributed by atoms with van der Waals surface area (Å²) < 4.78 is 20.0. The zero-order chi connectivity index (χ0) is 9.64. The standard InChI is InChI=1S/2C3H5O3.Pb/c2*1-2(4)3(5)6;/h2*2H,1H3,(H,5,6);/q2*-1;+4/p-2. The number of rotatable bonds is 0. The Balaban J connectivity index is 2.17. The SMILES string of the molecule is CC1[O][Pb]2([O]C1=O)[O]C(=O)C(C)[O]2. The van der Waals surface area contributed by atoms with Gasteiger partial charge >= 0.3 is 81.3 Å². The fraction of sp³-hybridized carbons (Fsp3) is 0.667. The Bertz CT molecular complexity index is 248. The third kappa shape index (κ3) is 1.46. The Hall–Kier alpha value is -0.218. The molecule has 2 fully saturated rings. The minimum atomic E-state index is -4.32. The molecule has 6 nitrogen and oxygen atoms in total. The van der Waals surface area contributed by atoms with Gasteiger partial charge in [0, 0.05) is 0 Å². The molecule has 0 radical (unpaired) electrons. The van der Waals surface area contributed by atoms with E-state index in [4.69, 9.17) is 10.7 Å². The van der Waals surface area contributed by atoms with Crippen molar-refractivity contribution in [2.45, 2.75) is 26.1 Å². The van der Waals surface area contributed by atoms with Crippen LogP contribution in [0.15, 0.2) is 0 Å². The Morgan fingerprint density at radius 1 is 1.00 bits per heavy atom. The van der Waals surface area contributed by atoms with Gasteiger partial charge in [0.1, 0.15) is 0 Å². The maximum absolute atomic E-state index is 11.0. The molecule has 13 heavy (non-hydrogen) atoms. The zero-order valence-electron chi connectivity index (χ0n) is 7.10. The number of carbonyl (C=O) groups excluding carboxylic acids is 2. The van der Waals surface area contributed by atoms with Crippen LogP contribution in [0.3, 0.4) is 0 Å². The summed E-state index contributed by atoms with van der Waals surface area (Å²) in [5, 5.41) is 0. The second-order valence-corrected chi connectivity index (χ2v) is 10.2. The first-order valence-corrected chi connectivity index (χ1v) is 10.2. The summed E-state index contributed by atoms with van der Waals surface area (Å²) in [5.74, 6) is -1.02. The molecule has 0 bridgehead atoms. The molecule has 0 aromatic heterocycles. The Kier molecular flexibility index (Phi) is 2.07. The number of hydrogen-bond acceptors (Lipinski definition) is 6. The molecule has 2 aliphatic heterocycles. The maximum atomic E-state index is 11.0. The molecule has 0 N–H and O–H groups in total. The van der Waals surface area contributed by atoms with Crippen molar-refractivity contribution in [1.82, 2.24) is 0 Å². The van der Waals surface area contributed by atoms with Crippen molar-refractivity contribution in [3.8, 4) is 0 Å². The van der Waals surface area contributed by atoms with Crippen LogP contribution in [0.25, 0.3) is 0 Å². The first-order valence-electron chi connectivity index (χ1n) is 3.84. The zero-order valence-corrected chi connectivity index (χ0v) is 11.0. The molecule has 72 valence electrons. The van der Waals surface area contributed by atoms with Gasteiger partial charge in [-0.3, -0.25) is 0 Å². The van der Waals surface area contributed by atoms with Gasteiger partial charge in [-0.25, -0.2) is 0 Å². The Labute approximate surface area is 81.4 Å². The van der Waals surface area contributed by atoms with E-state index in [1.54, 1.807) is 0 Å². The molecule has 0 aliphatic carbocycles. The van der Waals surface area contributed by atoms with Crippen molar-refractivity contribution in [3.63, 3.8) is 0 Å². The summed E-state index contributed by atoms with van der Waals surface area (Å²) in [6.07, 6.45) is -1.36. The van der Waals surface area contributed by atoms with Crippen LogP contribution in [0.4, 0.5) is 0 Å². The van der Waals surface area contributed by atoms with Crippen LogP contribution in [0, 0.1) is 0 Å². The average molecular weight is 383 g/mol. The van der Waals surface area contributed by atoms with Gasteiger partial charge in [0.2, 0.25) is 0 Å². The topological polar surface area (TPSA) is 71.1 Å². The number of hydrogen-bond donors (Lipinski definition) is 0. The number of carbonyl (C=O) groups is 2. The van der Waals surface area contributed by atoms with E-state index in [0.717, 1.165) is 0 Å². The van der Waals surface area contributed by atoms with Crippen molar-refractivity contribution >= 4 is 34.9 Å². The minimum absolute atomic E-state index is 0.511. The predicted molar refractivity (Wildman–Crippen MR) is 39.0 cm³/mol. The molecule has 0 saturated carbocycles. The van der Waals surface area contributed by atoms with E-state index in [2.05, 4.69) is 0 Å². The van der Waals surface area contributed by atoms with Crippen LogP contribution in [0.5, 0.6) is 0 Å². The molecule has 0 aromatic carbocycles. The van der Waals surface area contributed by atoms with Crippen molar-refractivity contribution in [2.24, 2.45) is 0 Å². The van der Waals surface area contributed by atoms with E-state index in [1.165, 1.54) is 13.8 Å². The molecule has 2 unspecified atom stereocenters. The van der Waals surface area contributed by atoms with E-state index in [-0.39, 0.29) is 0 Å². The Morgan fingerprint density at radius 2 is 1.38 bits per heavy atom. The van der Waals surface area contributed by atoms with E-state index in [9.17, 15) is 9.59 Å². The molecule has 2 saturated heterocycles. The van der Waals surface area contributed by atoms with Crippen LogP contribution >= 0.6 is 0 Å². The van der Waals surface area contributed by atoms with Crippen molar-refractivity contribution < 1.29 is 20.3 Å². The normalized spacial score (nSPS) is 43.8. The summed E-state index contributed by atoms with van der Waals surface area (Å²) in [4.78, 5) is 22.0. The molecular weight excluding hydrogens is 375 g/mol. The van der Waals surface area contributed by atoms with Gasteiger partial charge in [-0.2, -0.15) is 0 Å². The fourth-order valence-corrected chi connectivity index (χ4v) is 9.53. The van der Waals surface area contributed by atoms with E-state index in [1.807, 2.05) is 0 Å². The fourth-order valence-electron chi connectivity index (χ4n) is 1.09. The van der Waals surface area contributed by atoms with Gasteiger partial charge in [-0.1, -0.05) is 0 Å². The molecule has 2 heterocycles. The third-order valence-electron chi connectivity index (χ3n) is 1.76. The van der Waals surface area contributed by atoms with E-state index >= 15 is 0 Å². The van der Waals surface area contributed by atoms with Crippen LogP contribution < -0.4 is 0 Å². The van der Waals surface area contributed by atoms with Gasteiger partial charge < -0.3 is 0 Å². The third-order valence-corrected chi connectivity index (χ3v) is 10.3. The predicted octanol–water partition coefficient (Wildman–Crippen LogP) is -0.654. The molecule has 7 heteroatoms. The average Bonchev–Trinajstić information content (AvgIpc) is 2.39. The molecule has 2 aliphatic rings. The van der Waals surface area contributed by atoms with Crippen LogP contribution in [0.2, 0.25) is 0 Å². The first kappa shape index (κ1) is 9.34. The molecule has 0 aromatic rings. The van der Waals surface area contributed by atoms with Gasteiger partial charge in [-0.15, -0.1) is 0 Å². The van der Waals surface area contributed by atoms with Crippen molar-refractivity contribution in [2.75, 3.05) is 0 Å². The Morgan fingerprint density at radius 3 is 1.62 bits per heavy atom. The summed E-state index contributed by atoms with van der Waals surface area (Å²) in [7, 11) is 0. The van der Waals surface area contributed by atoms with Gasteiger partial charge in [0.25, 0.3) is 0 Å². The summed E-state index contributed by atoms with van der Waals surface area (Å²) >= 11 is -4.32. The molecule has 2 atom stereocenters. The summed E-state index contributed by atoms with van der Waals surface area (Å²) in [6.45, 7) is 3.08. The molecule has 1 spiro atoms. The second kappa shape index (κ2) is 2.89. The molecule has 2 rings (SSSR count). The van der Waals surface area contributed by atoms with E-state index < -0.39 is 47.1 Å². The molecule has 0 amide bonds. The second-order valence-electron chi connectivity index (χ2n) is 2.86. The summed E-state index contributed by atoms with van der Waals surface area (Å²) in [6, 6.07) is 0. The first-order chi connectivity index (χ1) is 6.02. The van der Waals surface area contributed by atoms with Gasteiger partial charge in [0.05, 0.1) is 0 Å². The molecular formula is C6H8O6Pb. The van der Waals surface area contributed by atoms with Crippen LogP contribution in [0.1, 0.15) is 13.8 Å². The van der Waals surface area contributed by atoms with Gasteiger partial charge in [0.15, 0.2) is 0 Å². The van der Waals surface area contributed by atoms with Gasteiger partial charge in [-0.05, 0) is 0 Å². The monoisotopic (exact) mass is 384 g/mol. The van der Waals surface area contributed by atoms with E-state index in [0.29, 0.717) is 0 Å². The quantitative estimate of drug-likeness (QED) is 0.518. The van der Waals surface area contributed by atoms with Crippen molar-refractivity contribution in [1.29, 1.82) is 0 Å². The van der Waals surface area contributed by atoms with Crippen LogP contribution in [-0.4, -0.2) is 47.1 Å². The summed E-state index contributed by atoms with van der Waals surface area (Å²) in [5.41, 5.74) is 0. The van der Waals surface area contributed by atoms with Crippen LogP contribution in [-0.2, 0) is 20.3 Å².